The van der Waals surface area contributed by atoms with Crippen molar-refractivity contribution in [3.63, 3.8) is 0 Å². The summed E-state index contributed by atoms with van der Waals surface area (Å²) in [6.07, 6.45) is 7.96. The molecule has 0 radical (unpaired) electrons. The average Bonchev–Trinajstić information content (AvgIpc) is 2.11. The largest absolute Gasteiger partial charge is 0.363 e. The first-order valence-corrected chi connectivity index (χ1v) is 5.32. The van der Waals surface area contributed by atoms with E-state index in [1.807, 2.05) is 0 Å². The highest BCUT2D eigenvalue weighted by Crippen LogP contribution is 2.04. The zero-order valence-electron chi connectivity index (χ0n) is 7.57. The minimum atomic E-state index is 0.830. The Morgan fingerprint density at radius 3 is 1.67 bits per heavy atom. The number of rotatable bonds is 0. The molecular weight excluding hydrogens is 168 g/mol. The molecule has 70 valence electrons. The maximum Gasteiger partial charge on any atom is 0.166 e. The summed E-state index contributed by atoms with van der Waals surface area (Å²) >= 11 is 5.08. The third-order valence-corrected chi connectivity index (χ3v) is 2.46. The van der Waals surface area contributed by atoms with Crippen LogP contribution in [-0.2, 0) is 0 Å². The Hall–Kier alpha value is -0.310. The van der Waals surface area contributed by atoms with Gasteiger partial charge in [0.2, 0.25) is 0 Å². The van der Waals surface area contributed by atoms with Gasteiger partial charge in [-0.25, -0.2) is 0 Å². The number of hydrogen-bond acceptors (Lipinski definition) is 1. The van der Waals surface area contributed by atoms with E-state index in [1.165, 1.54) is 38.5 Å². The van der Waals surface area contributed by atoms with Crippen molar-refractivity contribution in [3.8, 4) is 0 Å². The van der Waals surface area contributed by atoms with Gasteiger partial charge in [-0.05, 0) is 25.1 Å². The van der Waals surface area contributed by atoms with Gasteiger partial charge in [0.1, 0.15) is 0 Å². The molecule has 0 aliphatic carbocycles. The zero-order valence-corrected chi connectivity index (χ0v) is 8.38. The zero-order chi connectivity index (χ0) is 8.65. The Bertz CT molecular complexity index is 122. The molecule has 2 N–H and O–H groups in total. The lowest BCUT2D eigenvalue weighted by atomic mass is 10.1. The smallest absolute Gasteiger partial charge is 0.166 e. The third kappa shape index (κ3) is 4.54. The van der Waals surface area contributed by atoms with E-state index in [1.54, 1.807) is 0 Å². The second-order valence-corrected chi connectivity index (χ2v) is 3.71. The van der Waals surface area contributed by atoms with Gasteiger partial charge < -0.3 is 10.6 Å². The van der Waals surface area contributed by atoms with Crippen LogP contribution in [0, 0.1) is 0 Å². The molecule has 1 aliphatic heterocycles. The van der Waals surface area contributed by atoms with E-state index < -0.39 is 0 Å². The molecule has 3 heteroatoms. The molecule has 0 aromatic heterocycles. The van der Waals surface area contributed by atoms with Crippen molar-refractivity contribution >= 4 is 17.3 Å². The number of thiocarbonyl (C=S) groups is 1. The predicted molar refractivity (Wildman–Crippen MR) is 56.3 cm³/mol. The summed E-state index contributed by atoms with van der Waals surface area (Å²) < 4.78 is 0. The highest BCUT2D eigenvalue weighted by atomic mass is 32.1. The lowest BCUT2D eigenvalue weighted by Crippen LogP contribution is -2.36. The topological polar surface area (TPSA) is 24.1 Å². The van der Waals surface area contributed by atoms with Crippen molar-refractivity contribution < 1.29 is 0 Å². The van der Waals surface area contributed by atoms with Gasteiger partial charge in [0.05, 0.1) is 0 Å². The van der Waals surface area contributed by atoms with Crippen LogP contribution in [0.4, 0.5) is 0 Å². The second-order valence-electron chi connectivity index (χ2n) is 3.30. The monoisotopic (exact) mass is 186 g/mol. The number of nitrogens with one attached hydrogen (secondary N) is 2. The first-order chi connectivity index (χ1) is 5.89. The van der Waals surface area contributed by atoms with Crippen LogP contribution in [0.5, 0.6) is 0 Å². The summed E-state index contributed by atoms with van der Waals surface area (Å²) in [5.41, 5.74) is 0. The lowest BCUT2D eigenvalue weighted by molar-refractivity contribution is 0.598. The maximum atomic E-state index is 5.08. The molecule has 1 heterocycles. The normalized spacial score (nSPS) is 21.8. The van der Waals surface area contributed by atoms with Crippen molar-refractivity contribution in [2.45, 2.75) is 38.5 Å². The van der Waals surface area contributed by atoms with E-state index in [9.17, 15) is 0 Å². The summed E-state index contributed by atoms with van der Waals surface area (Å²) in [6.45, 7) is 2.07. The van der Waals surface area contributed by atoms with Gasteiger partial charge in [-0.2, -0.15) is 0 Å². The van der Waals surface area contributed by atoms with Gasteiger partial charge in [0.25, 0.3) is 0 Å². The van der Waals surface area contributed by atoms with Crippen molar-refractivity contribution in [1.82, 2.24) is 10.6 Å². The van der Waals surface area contributed by atoms with Crippen molar-refractivity contribution in [3.05, 3.63) is 0 Å². The molecule has 2 nitrogen and oxygen atoms in total. The lowest BCUT2D eigenvalue weighted by Gasteiger charge is -2.08. The van der Waals surface area contributed by atoms with Gasteiger partial charge in [-0.3, -0.25) is 0 Å². The molecule has 0 unspecified atom stereocenters. The molecule has 0 aromatic rings. The summed E-state index contributed by atoms with van der Waals surface area (Å²) in [7, 11) is 0. The minimum absolute atomic E-state index is 0.830. The van der Waals surface area contributed by atoms with Crippen LogP contribution < -0.4 is 10.6 Å². The highest BCUT2D eigenvalue weighted by molar-refractivity contribution is 7.80. The minimum Gasteiger partial charge on any atom is -0.363 e. The molecule has 1 rings (SSSR count). The van der Waals surface area contributed by atoms with Crippen LogP contribution in [0.25, 0.3) is 0 Å². The molecule has 1 aliphatic rings. The average molecular weight is 186 g/mol. The molecule has 12 heavy (non-hydrogen) atoms. The molecule has 1 saturated heterocycles. The summed E-state index contributed by atoms with van der Waals surface area (Å²) in [5.74, 6) is 0. The fraction of sp³-hybridized carbons (Fsp3) is 0.889. The van der Waals surface area contributed by atoms with Crippen molar-refractivity contribution in [2.75, 3.05) is 13.1 Å². The van der Waals surface area contributed by atoms with E-state index in [2.05, 4.69) is 10.6 Å². The fourth-order valence-electron chi connectivity index (χ4n) is 1.42. The van der Waals surface area contributed by atoms with Crippen LogP contribution in [0.15, 0.2) is 0 Å². The van der Waals surface area contributed by atoms with Gasteiger partial charge >= 0.3 is 0 Å². The SMILES string of the molecule is S=C1NCCCCCCCCN1. The predicted octanol–water partition coefficient (Wildman–Crippen LogP) is 1.80. The molecule has 1 fully saturated rings. The van der Waals surface area contributed by atoms with Crippen molar-refractivity contribution in [2.24, 2.45) is 0 Å². The van der Waals surface area contributed by atoms with Gasteiger partial charge in [-0.1, -0.05) is 25.7 Å². The van der Waals surface area contributed by atoms with Crippen LogP contribution in [0.1, 0.15) is 38.5 Å². The van der Waals surface area contributed by atoms with E-state index >= 15 is 0 Å². The third-order valence-electron chi connectivity index (χ3n) is 2.17. The molecule has 0 saturated carbocycles. The summed E-state index contributed by atoms with van der Waals surface area (Å²) in [5, 5.41) is 7.23. The fourth-order valence-corrected chi connectivity index (χ4v) is 1.63. The molecule has 0 atom stereocenters. The van der Waals surface area contributed by atoms with E-state index in [4.69, 9.17) is 12.2 Å². The standard InChI is InChI=1S/C9H18N2S/c12-9-10-7-5-3-1-2-4-6-8-11-9/h1-8H2,(H2,10,11,12). The first kappa shape index (κ1) is 9.78. The Morgan fingerprint density at radius 1 is 0.750 bits per heavy atom. The second kappa shape index (κ2) is 6.23. The number of hydrogen-bond donors (Lipinski definition) is 2. The molecule has 0 amide bonds. The molecular formula is C9H18N2S. The van der Waals surface area contributed by atoms with Crippen LogP contribution >= 0.6 is 12.2 Å². The summed E-state index contributed by atoms with van der Waals surface area (Å²) in [4.78, 5) is 0. The maximum absolute atomic E-state index is 5.08. The Balaban J connectivity index is 2.17. The highest BCUT2D eigenvalue weighted by Gasteiger charge is 1.97. The van der Waals surface area contributed by atoms with Crippen molar-refractivity contribution in [1.29, 1.82) is 0 Å². The molecule has 0 aromatic carbocycles. The molecule has 0 bridgehead atoms. The van der Waals surface area contributed by atoms with E-state index in [-0.39, 0.29) is 0 Å². The van der Waals surface area contributed by atoms with Crippen LogP contribution in [-0.4, -0.2) is 18.2 Å². The van der Waals surface area contributed by atoms with E-state index in [0.29, 0.717) is 0 Å². The molecule has 0 spiro atoms. The quantitative estimate of drug-likeness (QED) is 0.564. The van der Waals surface area contributed by atoms with Gasteiger partial charge in [0.15, 0.2) is 5.11 Å². The van der Waals surface area contributed by atoms with Crippen LogP contribution in [0.2, 0.25) is 0 Å². The summed E-state index contributed by atoms with van der Waals surface area (Å²) in [6, 6.07) is 0. The van der Waals surface area contributed by atoms with E-state index in [0.717, 1.165) is 18.2 Å². The van der Waals surface area contributed by atoms with Gasteiger partial charge in [0, 0.05) is 13.1 Å². The Morgan fingerprint density at radius 2 is 1.17 bits per heavy atom. The van der Waals surface area contributed by atoms with Gasteiger partial charge in [-0.15, -0.1) is 0 Å². The van der Waals surface area contributed by atoms with Crippen LogP contribution in [0.3, 0.4) is 0 Å². The Kier molecular flexibility index (Phi) is 5.08. The first-order valence-electron chi connectivity index (χ1n) is 4.91. The Labute approximate surface area is 80.1 Å².